The van der Waals surface area contributed by atoms with Crippen LogP contribution in [0, 0.1) is 12.8 Å². The van der Waals surface area contributed by atoms with Crippen molar-refractivity contribution < 1.29 is 4.79 Å². The van der Waals surface area contributed by atoms with Crippen molar-refractivity contribution in [2.45, 2.75) is 52.1 Å². The maximum absolute atomic E-state index is 12.3. The number of rotatable bonds is 6. The van der Waals surface area contributed by atoms with Crippen molar-refractivity contribution in [1.82, 2.24) is 29.7 Å². The Labute approximate surface area is 152 Å². The van der Waals surface area contributed by atoms with Gasteiger partial charge in [-0.25, -0.2) is 4.98 Å². The highest BCUT2D eigenvalue weighted by Gasteiger charge is 2.16. The van der Waals surface area contributed by atoms with Crippen LogP contribution in [0.25, 0.3) is 5.65 Å². The number of aromatic nitrogens is 5. The van der Waals surface area contributed by atoms with Crippen LogP contribution in [-0.2, 0) is 24.3 Å². The van der Waals surface area contributed by atoms with Gasteiger partial charge in [0.2, 0.25) is 5.91 Å². The van der Waals surface area contributed by atoms with Crippen LogP contribution in [0.3, 0.4) is 0 Å². The first-order chi connectivity index (χ1) is 12.7. The second-order valence-electron chi connectivity index (χ2n) is 7.17. The predicted molar refractivity (Wildman–Crippen MR) is 97.5 cm³/mol. The van der Waals surface area contributed by atoms with Crippen LogP contribution < -0.4 is 5.32 Å². The minimum atomic E-state index is -0.0429. The van der Waals surface area contributed by atoms with E-state index in [1.807, 2.05) is 40.5 Å². The quantitative estimate of drug-likeness (QED) is 0.738. The third kappa shape index (κ3) is 3.61. The van der Waals surface area contributed by atoms with Crippen LogP contribution >= 0.6 is 0 Å². The van der Waals surface area contributed by atoms with Gasteiger partial charge in [-0.1, -0.05) is 24.1 Å². The Kier molecular flexibility index (Phi) is 4.69. The molecule has 0 radical (unpaired) electrons. The van der Waals surface area contributed by atoms with Gasteiger partial charge in [-0.2, -0.15) is 0 Å². The van der Waals surface area contributed by atoms with Gasteiger partial charge < -0.3 is 9.72 Å². The number of carbonyl (C=O) groups is 1. The molecule has 26 heavy (non-hydrogen) atoms. The van der Waals surface area contributed by atoms with Gasteiger partial charge in [0.25, 0.3) is 0 Å². The molecule has 1 aliphatic rings. The van der Waals surface area contributed by atoms with Crippen LogP contribution in [0.1, 0.15) is 42.6 Å². The van der Waals surface area contributed by atoms with Crippen molar-refractivity contribution >= 4 is 11.6 Å². The molecule has 1 fully saturated rings. The second kappa shape index (κ2) is 7.27. The highest BCUT2D eigenvalue weighted by atomic mass is 16.1. The molecular formula is C19H24N6O. The number of hydrogen-bond acceptors (Lipinski definition) is 4. The predicted octanol–water partition coefficient (Wildman–Crippen LogP) is 2.28. The minimum Gasteiger partial charge on any atom is -0.350 e. The molecule has 0 spiro atoms. The molecule has 0 unspecified atom stereocenters. The van der Waals surface area contributed by atoms with Crippen molar-refractivity contribution in [3.05, 3.63) is 47.7 Å². The fraction of sp³-hybridized carbons (Fsp3) is 0.474. The largest absolute Gasteiger partial charge is 0.350 e. The van der Waals surface area contributed by atoms with E-state index in [1.54, 1.807) is 6.20 Å². The monoisotopic (exact) mass is 352 g/mol. The second-order valence-corrected chi connectivity index (χ2v) is 7.17. The number of imidazole rings is 1. The molecular weight excluding hydrogens is 328 g/mol. The number of nitrogens with one attached hydrogen (secondary N) is 1. The molecule has 3 aromatic heterocycles. The van der Waals surface area contributed by atoms with Crippen molar-refractivity contribution in [3.63, 3.8) is 0 Å². The molecule has 1 amide bonds. The smallest absolute Gasteiger partial charge is 0.226 e. The molecule has 0 bridgehead atoms. The van der Waals surface area contributed by atoms with E-state index in [4.69, 9.17) is 0 Å². The van der Waals surface area contributed by atoms with E-state index in [0.29, 0.717) is 13.0 Å². The lowest BCUT2D eigenvalue weighted by Gasteiger charge is -2.07. The van der Waals surface area contributed by atoms with E-state index in [0.717, 1.165) is 35.1 Å². The third-order valence-corrected chi connectivity index (χ3v) is 5.12. The highest BCUT2D eigenvalue weighted by Crippen LogP contribution is 2.25. The fourth-order valence-electron chi connectivity index (χ4n) is 3.72. The van der Waals surface area contributed by atoms with Gasteiger partial charge in [-0.05, 0) is 37.3 Å². The third-order valence-electron chi connectivity index (χ3n) is 5.12. The van der Waals surface area contributed by atoms with Gasteiger partial charge in [0.05, 0.1) is 24.9 Å². The summed E-state index contributed by atoms with van der Waals surface area (Å²) in [6, 6.07) is 3.98. The van der Waals surface area contributed by atoms with Crippen LogP contribution in [0.15, 0.2) is 30.7 Å². The lowest BCUT2D eigenvalue weighted by Crippen LogP contribution is -2.25. The summed E-state index contributed by atoms with van der Waals surface area (Å²) in [7, 11) is 0. The Morgan fingerprint density at radius 3 is 3.04 bits per heavy atom. The molecule has 7 nitrogen and oxygen atoms in total. The zero-order valence-corrected chi connectivity index (χ0v) is 15.1. The lowest BCUT2D eigenvalue weighted by atomic mass is 10.1. The molecule has 1 saturated carbocycles. The number of hydrogen-bond donors (Lipinski definition) is 1. The Hall–Kier alpha value is -2.70. The standard InChI is InChI=1S/C19H24N6O/c1-14-5-4-8-25-17(11-21-19(14)25)9-18(26)20-10-16-13-24(23-22-16)12-15-6-2-3-7-15/h4-5,8,11,13,15H,2-3,6-7,9-10,12H2,1H3,(H,20,26). The summed E-state index contributed by atoms with van der Waals surface area (Å²) in [6.07, 6.45) is 11.1. The SMILES string of the molecule is Cc1cccn2c(CC(=O)NCc3cn(CC4CCCC4)nn3)cnc12. The zero-order valence-electron chi connectivity index (χ0n) is 15.1. The maximum atomic E-state index is 12.3. The van der Waals surface area contributed by atoms with Gasteiger partial charge >= 0.3 is 0 Å². The summed E-state index contributed by atoms with van der Waals surface area (Å²) in [5.74, 6) is 0.677. The van der Waals surface area contributed by atoms with Crippen molar-refractivity contribution in [2.24, 2.45) is 5.92 Å². The van der Waals surface area contributed by atoms with Crippen LogP contribution in [0.2, 0.25) is 0 Å². The molecule has 7 heteroatoms. The summed E-state index contributed by atoms with van der Waals surface area (Å²) in [5.41, 5.74) is 3.67. The van der Waals surface area contributed by atoms with Gasteiger partial charge in [-0.15, -0.1) is 5.10 Å². The zero-order chi connectivity index (χ0) is 17.9. The number of aryl methyl sites for hydroxylation is 1. The summed E-state index contributed by atoms with van der Waals surface area (Å²) >= 11 is 0. The number of nitrogens with zero attached hydrogens (tertiary/aromatic N) is 5. The topological polar surface area (TPSA) is 77.1 Å². The fourth-order valence-corrected chi connectivity index (χ4v) is 3.72. The van der Waals surface area contributed by atoms with E-state index in [-0.39, 0.29) is 5.91 Å². The first kappa shape index (κ1) is 16.8. The molecule has 0 aromatic carbocycles. The summed E-state index contributed by atoms with van der Waals surface area (Å²) in [6.45, 7) is 3.35. The average molecular weight is 352 g/mol. The Bertz CT molecular complexity index is 906. The summed E-state index contributed by atoms with van der Waals surface area (Å²) in [5, 5.41) is 11.3. The first-order valence-electron chi connectivity index (χ1n) is 9.26. The molecule has 4 rings (SSSR count). The lowest BCUT2D eigenvalue weighted by molar-refractivity contribution is -0.120. The van der Waals surface area contributed by atoms with E-state index in [1.165, 1.54) is 25.7 Å². The Morgan fingerprint density at radius 2 is 2.19 bits per heavy atom. The normalized spacial score (nSPS) is 15.0. The minimum absolute atomic E-state index is 0.0429. The van der Waals surface area contributed by atoms with Gasteiger partial charge in [-0.3, -0.25) is 9.48 Å². The average Bonchev–Trinajstić information content (AvgIpc) is 3.36. The molecule has 0 aliphatic heterocycles. The van der Waals surface area contributed by atoms with Crippen LogP contribution in [0.5, 0.6) is 0 Å². The Morgan fingerprint density at radius 1 is 1.35 bits per heavy atom. The molecule has 3 heterocycles. The molecule has 1 aliphatic carbocycles. The van der Waals surface area contributed by atoms with Gasteiger partial charge in [0, 0.05) is 18.9 Å². The maximum Gasteiger partial charge on any atom is 0.226 e. The first-order valence-corrected chi connectivity index (χ1v) is 9.26. The van der Waals surface area contributed by atoms with Crippen molar-refractivity contribution in [2.75, 3.05) is 0 Å². The number of carbonyl (C=O) groups excluding carboxylic acids is 1. The number of fused-ring (bicyclic) bond motifs is 1. The Balaban J connectivity index is 1.32. The van der Waals surface area contributed by atoms with E-state index >= 15 is 0 Å². The number of pyridine rings is 1. The molecule has 1 N–H and O–H groups in total. The van der Waals surface area contributed by atoms with Crippen molar-refractivity contribution in [1.29, 1.82) is 0 Å². The molecule has 0 saturated heterocycles. The molecule has 3 aromatic rings. The van der Waals surface area contributed by atoms with Crippen molar-refractivity contribution in [3.8, 4) is 0 Å². The van der Waals surface area contributed by atoms with Gasteiger partial charge in [0.1, 0.15) is 11.3 Å². The van der Waals surface area contributed by atoms with E-state index in [9.17, 15) is 4.79 Å². The molecule has 0 atom stereocenters. The summed E-state index contributed by atoms with van der Waals surface area (Å²) < 4.78 is 3.87. The molecule has 136 valence electrons. The highest BCUT2D eigenvalue weighted by molar-refractivity contribution is 5.78. The van der Waals surface area contributed by atoms with Crippen LogP contribution in [-0.4, -0.2) is 30.3 Å². The number of amides is 1. The van der Waals surface area contributed by atoms with Gasteiger partial charge in [0.15, 0.2) is 0 Å². The van der Waals surface area contributed by atoms with E-state index < -0.39 is 0 Å². The van der Waals surface area contributed by atoms with Crippen LogP contribution in [0.4, 0.5) is 0 Å². The summed E-state index contributed by atoms with van der Waals surface area (Å²) in [4.78, 5) is 16.7. The van der Waals surface area contributed by atoms with E-state index in [2.05, 4.69) is 20.6 Å².